The summed E-state index contributed by atoms with van der Waals surface area (Å²) in [5.41, 5.74) is 0.793. The molecule has 0 bridgehead atoms. The molecule has 1 aromatic carbocycles. The molecular weight excluding hydrogens is 158 g/mol. The number of benzene rings is 1. The highest BCUT2D eigenvalue weighted by atomic mass is 16.4. The van der Waals surface area contributed by atoms with E-state index in [0.29, 0.717) is 5.56 Å². The van der Waals surface area contributed by atoms with Crippen molar-refractivity contribution < 1.29 is 9.90 Å². The largest absolute Gasteiger partial charge is 0.478 e. The van der Waals surface area contributed by atoms with Crippen LogP contribution in [0.2, 0.25) is 0 Å². The molecule has 0 fully saturated rings. The van der Waals surface area contributed by atoms with Gasteiger partial charge in [0.2, 0.25) is 0 Å². The molecule has 1 rings (SSSR count). The molecule has 0 aliphatic heterocycles. The van der Waals surface area contributed by atoms with Crippen LogP contribution in [0.4, 0.5) is 0 Å². The molecule has 0 radical (unpaired) electrons. The Bertz CT molecular complexity index is 309. The van der Waals surface area contributed by atoms with Crippen molar-refractivity contribution in [2.24, 2.45) is 5.18 Å². The second kappa shape index (κ2) is 3.61. The molecule has 0 aliphatic carbocycles. The van der Waals surface area contributed by atoms with E-state index in [4.69, 9.17) is 5.11 Å². The third-order valence-corrected chi connectivity index (χ3v) is 1.42. The van der Waals surface area contributed by atoms with E-state index in [2.05, 4.69) is 5.18 Å². The lowest BCUT2D eigenvalue weighted by Crippen LogP contribution is -1.96. The first-order chi connectivity index (χ1) is 5.74. The highest BCUT2D eigenvalue weighted by Gasteiger charge is 2.02. The van der Waals surface area contributed by atoms with Crippen molar-refractivity contribution in [2.45, 2.75) is 6.54 Å². The Balaban J connectivity index is 2.95. The van der Waals surface area contributed by atoms with E-state index in [9.17, 15) is 9.70 Å². The van der Waals surface area contributed by atoms with Gasteiger partial charge in [0.1, 0.15) is 6.54 Å². The summed E-state index contributed by atoms with van der Waals surface area (Å²) in [6.45, 7) is 0.0150. The Labute approximate surface area is 68.8 Å². The highest BCUT2D eigenvalue weighted by Crippen LogP contribution is 2.05. The summed E-state index contributed by atoms with van der Waals surface area (Å²) < 4.78 is 0. The molecule has 4 nitrogen and oxygen atoms in total. The average molecular weight is 165 g/mol. The van der Waals surface area contributed by atoms with Gasteiger partial charge < -0.3 is 5.11 Å². The quantitative estimate of drug-likeness (QED) is 0.692. The Morgan fingerprint density at radius 2 is 2.25 bits per heavy atom. The first kappa shape index (κ1) is 8.39. The van der Waals surface area contributed by atoms with Crippen molar-refractivity contribution in [2.75, 3.05) is 0 Å². The van der Waals surface area contributed by atoms with Crippen LogP contribution < -0.4 is 0 Å². The van der Waals surface area contributed by atoms with Crippen LogP contribution in [-0.4, -0.2) is 11.1 Å². The summed E-state index contributed by atoms with van der Waals surface area (Å²) >= 11 is 0. The summed E-state index contributed by atoms with van der Waals surface area (Å²) in [6, 6.07) is 6.15. The van der Waals surface area contributed by atoms with Crippen LogP contribution in [0.15, 0.2) is 29.4 Å². The number of nitroso groups, excluding NO2 is 1. The van der Waals surface area contributed by atoms with Crippen LogP contribution in [0.3, 0.4) is 0 Å². The molecule has 0 amide bonds. The molecule has 1 aromatic rings. The Kier molecular flexibility index (Phi) is 2.53. The molecule has 0 aliphatic rings. The topological polar surface area (TPSA) is 66.7 Å². The van der Waals surface area contributed by atoms with Gasteiger partial charge in [-0.25, -0.2) is 4.79 Å². The molecule has 0 heterocycles. The Morgan fingerprint density at radius 3 is 2.83 bits per heavy atom. The average Bonchev–Trinajstić information content (AvgIpc) is 2.05. The van der Waals surface area contributed by atoms with Gasteiger partial charge in [-0.2, -0.15) is 4.91 Å². The number of aromatic carboxylic acids is 1. The van der Waals surface area contributed by atoms with Gasteiger partial charge in [0.25, 0.3) is 0 Å². The van der Waals surface area contributed by atoms with E-state index >= 15 is 0 Å². The third kappa shape index (κ3) is 1.88. The smallest absolute Gasteiger partial charge is 0.335 e. The zero-order valence-electron chi connectivity index (χ0n) is 6.23. The second-order valence-corrected chi connectivity index (χ2v) is 2.29. The number of carboxylic acids is 1. The maximum Gasteiger partial charge on any atom is 0.335 e. The standard InChI is InChI=1S/C8H7NO3/c10-8(11)7-3-1-2-6(4-7)5-9-12/h1-4H,5H2,(H,10,11). The minimum absolute atomic E-state index is 0.0150. The number of nitrogens with zero attached hydrogens (tertiary/aromatic N) is 1. The van der Waals surface area contributed by atoms with Crippen molar-refractivity contribution in [3.63, 3.8) is 0 Å². The van der Waals surface area contributed by atoms with Crippen LogP contribution in [0.1, 0.15) is 15.9 Å². The molecule has 0 atom stereocenters. The number of rotatable bonds is 3. The molecular formula is C8H7NO3. The van der Waals surface area contributed by atoms with Crippen molar-refractivity contribution in [1.82, 2.24) is 0 Å². The van der Waals surface area contributed by atoms with E-state index in [0.717, 1.165) is 0 Å². The van der Waals surface area contributed by atoms with Crippen LogP contribution in [0.5, 0.6) is 0 Å². The van der Waals surface area contributed by atoms with Gasteiger partial charge in [0.15, 0.2) is 0 Å². The van der Waals surface area contributed by atoms with Crippen LogP contribution >= 0.6 is 0 Å². The molecule has 4 heteroatoms. The lowest BCUT2D eigenvalue weighted by atomic mass is 10.1. The van der Waals surface area contributed by atoms with Crippen LogP contribution in [0, 0.1) is 4.91 Å². The predicted molar refractivity (Wildman–Crippen MR) is 42.9 cm³/mol. The van der Waals surface area contributed by atoms with Gasteiger partial charge in [-0.15, -0.1) is 0 Å². The third-order valence-electron chi connectivity index (χ3n) is 1.42. The summed E-state index contributed by atoms with van der Waals surface area (Å²) in [4.78, 5) is 20.3. The van der Waals surface area contributed by atoms with Crippen molar-refractivity contribution in [1.29, 1.82) is 0 Å². The van der Waals surface area contributed by atoms with Gasteiger partial charge in [-0.05, 0) is 17.7 Å². The van der Waals surface area contributed by atoms with Crippen molar-refractivity contribution >= 4 is 5.97 Å². The molecule has 12 heavy (non-hydrogen) atoms. The van der Waals surface area contributed by atoms with E-state index in [1.807, 2.05) is 0 Å². The fraction of sp³-hybridized carbons (Fsp3) is 0.125. The molecule has 0 saturated carbocycles. The fourth-order valence-electron chi connectivity index (χ4n) is 0.877. The van der Waals surface area contributed by atoms with Crippen molar-refractivity contribution in [3.8, 4) is 0 Å². The van der Waals surface area contributed by atoms with Crippen molar-refractivity contribution in [3.05, 3.63) is 40.3 Å². The van der Waals surface area contributed by atoms with Crippen LogP contribution in [0.25, 0.3) is 0 Å². The number of carboxylic acid groups (broad SMARTS) is 1. The van der Waals surface area contributed by atoms with Gasteiger partial charge >= 0.3 is 5.97 Å². The maximum absolute atomic E-state index is 10.4. The normalized spacial score (nSPS) is 9.33. The zero-order valence-corrected chi connectivity index (χ0v) is 6.23. The summed E-state index contributed by atoms with van der Waals surface area (Å²) in [7, 11) is 0. The van der Waals surface area contributed by atoms with Gasteiger partial charge in [0.05, 0.1) is 5.56 Å². The minimum Gasteiger partial charge on any atom is -0.478 e. The zero-order chi connectivity index (χ0) is 8.97. The van der Waals surface area contributed by atoms with E-state index in [1.54, 1.807) is 12.1 Å². The summed E-state index contributed by atoms with van der Waals surface area (Å²) in [5, 5.41) is 11.2. The number of carbonyl (C=O) groups is 1. The molecule has 0 saturated heterocycles. The summed E-state index contributed by atoms with van der Waals surface area (Å²) in [5.74, 6) is -0.997. The Hall–Kier alpha value is -1.71. The SMILES string of the molecule is O=NCc1cccc(C(=O)O)c1. The van der Waals surface area contributed by atoms with Gasteiger partial charge in [0, 0.05) is 0 Å². The second-order valence-electron chi connectivity index (χ2n) is 2.29. The van der Waals surface area contributed by atoms with Crippen LogP contribution in [-0.2, 0) is 6.54 Å². The molecule has 0 unspecified atom stereocenters. The van der Waals surface area contributed by atoms with E-state index in [-0.39, 0.29) is 12.1 Å². The number of hydrogen-bond donors (Lipinski definition) is 1. The van der Waals surface area contributed by atoms with Gasteiger partial charge in [-0.3, -0.25) is 0 Å². The van der Waals surface area contributed by atoms with E-state index < -0.39 is 5.97 Å². The molecule has 0 aromatic heterocycles. The Morgan fingerprint density at radius 1 is 1.50 bits per heavy atom. The fourth-order valence-corrected chi connectivity index (χ4v) is 0.877. The van der Waals surface area contributed by atoms with Gasteiger partial charge in [-0.1, -0.05) is 17.3 Å². The highest BCUT2D eigenvalue weighted by molar-refractivity contribution is 5.87. The molecule has 62 valence electrons. The first-order valence-corrected chi connectivity index (χ1v) is 3.35. The lowest BCUT2D eigenvalue weighted by molar-refractivity contribution is 0.0697. The predicted octanol–water partition coefficient (Wildman–Crippen LogP) is 1.65. The molecule has 0 spiro atoms. The number of hydrogen-bond acceptors (Lipinski definition) is 3. The first-order valence-electron chi connectivity index (χ1n) is 3.35. The monoisotopic (exact) mass is 165 g/mol. The molecule has 1 N–H and O–H groups in total. The lowest BCUT2D eigenvalue weighted by Gasteiger charge is -1.96. The summed E-state index contributed by atoms with van der Waals surface area (Å²) in [6.07, 6.45) is 0. The van der Waals surface area contributed by atoms with E-state index in [1.165, 1.54) is 12.1 Å². The maximum atomic E-state index is 10.4. The minimum atomic E-state index is -0.997.